The number of likely N-dealkylation sites (N-methyl/N-ethyl adjacent to an activating group) is 1. The average Bonchev–Trinajstić information content (AvgIpc) is 2.36. The molecule has 19 heavy (non-hydrogen) atoms. The van der Waals surface area contributed by atoms with E-state index in [9.17, 15) is 4.79 Å². The quantitative estimate of drug-likeness (QED) is 0.861. The van der Waals surface area contributed by atoms with Crippen molar-refractivity contribution in [1.29, 1.82) is 0 Å². The molecule has 2 N–H and O–H groups in total. The highest BCUT2D eigenvalue weighted by molar-refractivity contribution is 5.89. The zero-order chi connectivity index (χ0) is 13.8. The minimum absolute atomic E-state index is 0.179. The number of carboxylic acid groups (broad SMARTS) is 1. The van der Waals surface area contributed by atoms with Crippen LogP contribution in [0.2, 0.25) is 0 Å². The second kappa shape index (κ2) is 6.04. The van der Waals surface area contributed by atoms with Crippen LogP contribution in [0, 0.1) is 6.92 Å². The van der Waals surface area contributed by atoms with Crippen molar-refractivity contribution in [3.05, 3.63) is 29.3 Å². The zero-order valence-electron chi connectivity index (χ0n) is 11.3. The normalized spacial score (nSPS) is 20.2. The largest absolute Gasteiger partial charge is 0.478 e. The second-order valence-electron chi connectivity index (χ2n) is 4.97. The fourth-order valence-electron chi connectivity index (χ4n) is 2.24. The molecule has 5 heteroatoms. The summed E-state index contributed by atoms with van der Waals surface area (Å²) in [6.07, 6.45) is 0.179. The Morgan fingerprint density at radius 2 is 2.37 bits per heavy atom. The van der Waals surface area contributed by atoms with Gasteiger partial charge in [0, 0.05) is 25.3 Å². The third kappa shape index (κ3) is 3.68. The Hall–Kier alpha value is -1.59. The van der Waals surface area contributed by atoms with Crippen LogP contribution in [-0.4, -0.2) is 55.4 Å². The van der Waals surface area contributed by atoms with Crippen LogP contribution in [-0.2, 0) is 4.74 Å². The lowest BCUT2D eigenvalue weighted by atomic mass is 10.1. The molecule has 0 amide bonds. The Morgan fingerprint density at radius 3 is 3.00 bits per heavy atom. The minimum Gasteiger partial charge on any atom is -0.478 e. The summed E-state index contributed by atoms with van der Waals surface area (Å²) >= 11 is 0. The summed E-state index contributed by atoms with van der Waals surface area (Å²) in [5.74, 6) is -0.888. The summed E-state index contributed by atoms with van der Waals surface area (Å²) in [4.78, 5) is 13.2. The number of hydrogen-bond donors (Lipinski definition) is 2. The topological polar surface area (TPSA) is 61.8 Å². The number of ether oxygens (including phenoxy) is 1. The second-order valence-corrected chi connectivity index (χ2v) is 4.97. The molecule has 1 aromatic carbocycles. The summed E-state index contributed by atoms with van der Waals surface area (Å²) in [6, 6.07) is 5.28. The molecule has 1 aromatic rings. The summed E-state index contributed by atoms with van der Waals surface area (Å²) in [5, 5.41) is 12.3. The first-order chi connectivity index (χ1) is 9.06. The van der Waals surface area contributed by atoms with E-state index in [1.54, 1.807) is 19.1 Å². The van der Waals surface area contributed by atoms with Gasteiger partial charge in [0.1, 0.15) is 0 Å². The third-order valence-electron chi connectivity index (χ3n) is 3.33. The number of anilines is 1. The minimum atomic E-state index is -0.888. The highest BCUT2D eigenvalue weighted by Crippen LogP contribution is 2.15. The van der Waals surface area contributed by atoms with E-state index in [0.29, 0.717) is 5.56 Å². The average molecular weight is 264 g/mol. The van der Waals surface area contributed by atoms with Crippen molar-refractivity contribution in [2.45, 2.75) is 13.0 Å². The fourth-order valence-corrected chi connectivity index (χ4v) is 2.24. The van der Waals surface area contributed by atoms with Gasteiger partial charge in [-0.2, -0.15) is 0 Å². The van der Waals surface area contributed by atoms with Crippen LogP contribution in [0.4, 0.5) is 5.69 Å². The van der Waals surface area contributed by atoms with Crippen molar-refractivity contribution < 1.29 is 14.6 Å². The maximum Gasteiger partial charge on any atom is 0.335 e. The Labute approximate surface area is 113 Å². The number of carboxylic acids is 1. The molecule has 1 heterocycles. The first kappa shape index (κ1) is 13.8. The molecule has 0 saturated carbocycles. The molecular formula is C14H20N2O3. The predicted octanol–water partition coefficient (Wildman–Crippen LogP) is 1.44. The number of nitrogens with one attached hydrogen (secondary N) is 1. The lowest BCUT2D eigenvalue weighted by Gasteiger charge is -2.30. The van der Waals surface area contributed by atoms with Crippen LogP contribution in [0.1, 0.15) is 15.9 Å². The van der Waals surface area contributed by atoms with E-state index in [2.05, 4.69) is 17.3 Å². The van der Waals surface area contributed by atoms with E-state index in [1.165, 1.54) is 0 Å². The van der Waals surface area contributed by atoms with Crippen LogP contribution in [0.25, 0.3) is 0 Å². The molecule has 5 nitrogen and oxygen atoms in total. The number of benzene rings is 1. The van der Waals surface area contributed by atoms with Crippen LogP contribution in [0.3, 0.4) is 0 Å². The number of hydrogen-bond acceptors (Lipinski definition) is 4. The number of nitrogens with zero attached hydrogens (tertiary/aromatic N) is 1. The van der Waals surface area contributed by atoms with Gasteiger partial charge in [-0.05, 0) is 37.7 Å². The Kier molecular flexibility index (Phi) is 4.39. The molecule has 2 rings (SSSR count). The molecule has 1 unspecified atom stereocenters. The van der Waals surface area contributed by atoms with Crippen molar-refractivity contribution in [2.24, 2.45) is 0 Å². The van der Waals surface area contributed by atoms with E-state index < -0.39 is 5.97 Å². The van der Waals surface area contributed by atoms with E-state index in [0.717, 1.165) is 37.5 Å². The molecule has 0 aromatic heterocycles. The van der Waals surface area contributed by atoms with Crippen LogP contribution in [0.5, 0.6) is 0 Å². The summed E-state index contributed by atoms with van der Waals surface area (Å²) in [7, 11) is 2.08. The SMILES string of the molecule is Cc1cc(NCC2CN(C)CCO2)ccc1C(=O)O. The van der Waals surface area contributed by atoms with Crippen LogP contribution < -0.4 is 5.32 Å². The number of carbonyl (C=O) groups is 1. The van der Waals surface area contributed by atoms with E-state index in [-0.39, 0.29) is 6.10 Å². The van der Waals surface area contributed by atoms with Crippen molar-refractivity contribution in [3.63, 3.8) is 0 Å². The van der Waals surface area contributed by atoms with Gasteiger partial charge in [-0.1, -0.05) is 0 Å². The molecule has 0 bridgehead atoms. The maximum atomic E-state index is 10.9. The Balaban J connectivity index is 1.92. The number of morpholine rings is 1. The van der Waals surface area contributed by atoms with Gasteiger partial charge < -0.3 is 20.1 Å². The van der Waals surface area contributed by atoms with Gasteiger partial charge in [0.25, 0.3) is 0 Å². The van der Waals surface area contributed by atoms with Gasteiger partial charge >= 0.3 is 5.97 Å². The Bertz CT molecular complexity index is 462. The van der Waals surface area contributed by atoms with Crippen molar-refractivity contribution in [3.8, 4) is 0 Å². The van der Waals surface area contributed by atoms with Gasteiger partial charge in [0.2, 0.25) is 0 Å². The lowest BCUT2D eigenvalue weighted by molar-refractivity contribution is -0.0117. The van der Waals surface area contributed by atoms with Gasteiger partial charge in [0.05, 0.1) is 18.3 Å². The summed E-state index contributed by atoms with van der Waals surface area (Å²) in [6.45, 7) is 5.19. The molecule has 1 aliphatic heterocycles. The lowest BCUT2D eigenvalue weighted by Crippen LogP contribution is -2.43. The summed E-state index contributed by atoms with van der Waals surface area (Å²) in [5.41, 5.74) is 2.04. The number of rotatable bonds is 4. The number of aromatic carboxylic acids is 1. The van der Waals surface area contributed by atoms with E-state index in [4.69, 9.17) is 9.84 Å². The molecule has 1 saturated heterocycles. The first-order valence-electron chi connectivity index (χ1n) is 6.44. The maximum absolute atomic E-state index is 10.9. The van der Waals surface area contributed by atoms with Gasteiger partial charge in [0.15, 0.2) is 0 Å². The van der Waals surface area contributed by atoms with Crippen molar-refractivity contribution >= 4 is 11.7 Å². The Morgan fingerprint density at radius 1 is 1.58 bits per heavy atom. The highest BCUT2D eigenvalue weighted by Gasteiger charge is 2.17. The molecule has 1 atom stereocenters. The molecule has 0 spiro atoms. The molecular weight excluding hydrogens is 244 g/mol. The van der Waals surface area contributed by atoms with Crippen LogP contribution in [0.15, 0.2) is 18.2 Å². The number of aryl methyl sites for hydroxylation is 1. The molecule has 104 valence electrons. The zero-order valence-corrected chi connectivity index (χ0v) is 11.3. The third-order valence-corrected chi connectivity index (χ3v) is 3.33. The van der Waals surface area contributed by atoms with Gasteiger partial charge in [-0.25, -0.2) is 4.79 Å². The predicted molar refractivity (Wildman–Crippen MR) is 73.9 cm³/mol. The monoisotopic (exact) mass is 264 g/mol. The molecule has 1 aliphatic rings. The summed E-state index contributed by atoms with van der Waals surface area (Å²) < 4.78 is 5.66. The van der Waals surface area contributed by atoms with Crippen LogP contribution >= 0.6 is 0 Å². The van der Waals surface area contributed by atoms with E-state index >= 15 is 0 Å². The smallest absolute Gasteiger partial charge is 0.335 e. The van der Waals surface area contributed by atoms with Gasteiger partial charge in [-0.3, -0.25) is 0 Å². The molecule has 0 aliphatic carbocycles. The highest BCUT2D eigenvalue weighted by atomic mass is 16.5. The van der Waals surface area contributed by atoms with Crippen molar-refractivity contribution in [2.75, 3.05) is 38.6 Å². The molecule has 0 radical (unpaired) electrons. The van der Waals surface area contributed by atoms with E-state index in [1.807, 2.05) is 6.07 Å². The first-order valence-corrected chi connectivity index (χ1v) is 6.44. The fraction of sp³-hybridized carbons (Fsp3) is 0.500. The van der Waals surface area contributed by atoms with Gasteiger partial charge in [-0.15, -0.1) is 0 Å². The van der Waals surface area contributed by atoms with Crippen molar-refractivity contribution in [1.82, 2.24) is 4.90 Å². The standard InChI is InChI=1S/C14H20N2O3/c1-10-7-11(3-4-13(10)14(17)18)15-8-12-9-16(2)5-6-19-12/h3-4,7,12,15H,5-6,8-9H2,1-2H3,(H,17,18). The molecule has 1 fully saturated rings.